The third-order valence-corrected chi connectivity index (χ3v) is 1.78. The summed E-state index contributed by atoms with van der Waals surface area (Å²) in [5, 5.41) is 0. The van der Waals surface area contributed by atoms with Crippen molar-refractivity contribution < 1.29 is 9.69 Å². The second-order valence-electron chi connectivity index (χ2n) is 2.64. The maximum absolute atomic E-state index is 5.34. The lowest BCUT2D eigenvalue weighted by atomic mass is 9.78. The molecule has 0 spiro atoms. The molecule has 0 aliphatic carbocycles. The van der Waals surface area contributed by atoms with E-state index >= 15 is 0 Å². The number of hydrogen-bond acceptors (Lipinski definition) is 5. The smallest absolute Gasteiger partial charge is 0.333 e. The fraction of sp³-hybridized carbons (Fsp3) is 0.333. The number of nitrogens with two attached hydrogens (primary N) is 1. The van der Waals surface area contributed by atoms with E-state index in [1.807, 2.05) is 0 Å². The molecule has 6 heteroatoms. The Morgan fingerprint density at radius 1 is 1.50 bits per heavy atom. The van der Waals surface area contributed by atoms with Gasteiger partial charge >= 0.3 is 7.48 Å². The van der Waals surface area contributed by atoms with Crippen LogP contribution in [0.15, 0.2) is 12.4 Å². The minimum absolute atomic E-state index is 0.241. The van der Waals surface area contributed by atoms with Crippen molar-refractivity contribution in [2.45, 2.75) is 5.82 Å². The molecule has 12 heavy (non-hydrogen) atoms. The Kier molecular flexibility index (Phi) is 1.93. The van der Waals surface area contributed by atoms with E-state index in [0.29, 0.717) is 20.0 Å². The van der Waals surface area contributed by atoms with Crippen molar-refractivity contribution >= 4 is 13.4 Å². The summed E-state index contributed by atoms with van der Waals surface area (Å²) in [6.45, 7) is 0.563. The lowest BCUT2D eigenvalue weighted by Gasteiger charge is -2.02. The van der Waals surface area contributed by atoms with Crippen LogP contribution in [0.2, 0.25) is 0 Å². The Bertz CT molecular complexity index is 260. The highest BCUT2D eigenvalue weighted by Gasteiger charge is 2.22. The van der Waals surface area contributed by atoms with Gasteiger partial charge in [0.05, 0.1) is 6.61 Å². The van der Waals surface area contributed by atoms with Gasteiger partial charge in [0, 0.05) is 18.2 Å². The Labute approximate surface area is 70.1 Å². The molecule has 5 nitrogen and oxygen atoms in total. The van der Waals surface area contributed by atoms with Crippen molar-refractivity contribution in [1.29, 1.82) is 0 Å². The number of hydrogen-bond donors (Lipinski definition) is 1. The molecule has 2 rings (SSSR count). The van der Waals surface area contributed by atoms with Crippen LogP contribution >= 0.6 is 0 Å². The molecule has 1 aromatic rings. The predicted octanol–water partition coefficient (Wildman–Crippen LogP) is -0.587. The molecule has 1 saturated heterocycles. The molecule has 0 saturated carbocycles. The molecule has 0 bridgehead atoms. The number of nitrogen functional groups attached to an aromatic ring is 1. The maximum atomic E-state index is 5.34. The SMILES string of the molecule is Nc1ncc(C2BOOC2)cn1. The monoisotopic (exact) mass is 165 g/mol. The molecule has 0 aromatic carbocycles. The summed E-state index contributed by atoms with van der Waals surface area (Å²) in [7, 11) is 0.563. The molecule has 1 aliphatic heterocycles. The lowest BCUT2D eigenvalue weighted by molar-refractivity contribution is -0.183. The Morgan fingerprint density at radius 3 is 2.83 bits per heavy atom. The highest BCUT2D eigenvalue weighted by molar-refractivity contribution is 6.30. The third-order valence-electron chi connectivity index (χ3n) is 1.78. The van der Waals surface area contributed by atoms with Gasteiger partial charge in [0.25, 0.3) is 0 Å². The molecular formula is C6H8BN3O2. The van der Waals surface area contributed by atoms with Crippen molar-refractivity contribution in [3.05, 3.63) is 18.0 Å². The summed E-state index contributed by atoms with van der Waals surface area (Å²) in [4.78, 5) is 17.3. The average Bonchev–Trinajstić information content (AvgIpc) is 2.58. The van der Waals surface area contributed by atoms with Crippen LogP contribution in [-0.4, -0.2) is 24.1 Å². The van der Waals surface area contributed by atoms with Crippen molar-refractivity contribution in [1.82, 2.24) is 9.97 Å². The molecule has 2 heterocycles. The quantitative estimate of drug-likeness (QED) is 0.445. The maximum Gasteiger partial charge on any atom is 0.333 e. The van der Waals surface area contributed by atoms with Gasteiger partial charge < -0.3 is 10.5 Å². The number of rotatable bonds is 1. The van der Waals surface area contributed by atoms with Gasteiger partial charge in [-0.3, -0.25) is 4.89 Å². The normalized spacial score (nSPS) is 22.2. The molecule has 1 fully saturated rings. The summed E-state index contributed by atoms with van der Waals surface area (Å²) >= 11 is 0. The standard InChI is InChI=1S/C6H8BN3O2/c8-6-9-1-4(2-10-6)5-3-11-12-7-5/h1-2,5,7H,3H2,(H2,8,9,10). The first-order chi connectivity index (χ1) is 5.86. The largest absolute Gasteiger partial charge is 0.368 e. The van der Waals surface area contributed by atoms with Crippen LogP contribution in [0.25, 0.3) is 0 Å². The number of aromatic nitrogens is 2. The number of nitrogens with zero attached hydrogens (tertiary/aromatic N) is 2. The first-order valence-electron chi connectivity index (χ1n) is 3.68. The van der Waals surface area contributed by atoms with Crippen LogP contribution in [0.4, 0.5) is 5.95 Å². The molecule has 1 aliphatic rings. The van der Waals surface area contributed by atoms with E-state index in [1.54, 1.807) is 12.4 Å². The molecule has 0 radical (unpaired) electrons. The van der Waals surface area contributed by atoms with Crippen LogP contribution in [-0.2, 0) is 9.69 Å². The molecule has 1 unspecified atom stereocenters. The van der Waals surface area contributed by atoms with Gasteiger partial charge in [0.1, 0.15) is 0 Å². The molecule has 62 valence electrons. The van der Waals surface area contributed by atoms with E-state index in [-0.39, 0.29) is 5.82 Å². The molecule has 0 amide bonds. The van der Waals surface area contributed by atoms with Crippen LogP contribution < -0.4 is 5.73 Å². The topological polar surface area (TPSA) is 70.3 Å². The second-order valence-corrected chi connectivity index (χ2v) is 2.64. The zero-order chi connectivity index (χ0) is 8.39. The van der Waals surface area contributed by atoms with Crippen molar-refractivity contribution in [2.24, 2.45) is 0 Å². The van der Waals surface area contributed by atoms with E-state index in [4.69, 9.17) is 15.4 Å². The number of anilines is 1. The Balaban J connectivity index is 2.17. The summed E-state index contributed by atoms with van der Waals surface area (Å²) < 4.78 is 0. The van der Waals surface area contributed by atoms with Crippen LogP contribution in [0.5, 0.6) is 0 Å². The first-order valence-corrected chi connectivity index (χ1v) is 3.68. The zero-order valence-corrected chi connectivity index (χ0v) is 6.43. The van der Waals surface area contributed by atoms with Gasteiger partial charge in [0.2, 0.25) is 5.95 Å². The fourth-order valence-electron chi connectivity index (χ4n) is 1.06. The van der Waals surface area contributed by atoms with E-state index in [0.717, 1.165) is 5.56 Å². The van der Waals surface area contributed by atoms with Gasteiger partial charge in [-0.15, -0.1) is 0 Å². The summed E-state index contributed by atoms with van der Waals surface area (Å²) in [5.74, 6) is 0.532. The highest BCUT2D eigenvalue weighted by atomic mass is 17.2. The fourth-order valence-corrected chi connectivity index (χ4v) is 1.06. The lowest BCUT2D eigenvalue weighted by Crippen LogP contribution is -2.06. The average molecular weight is 165 g/mol. The van der Waals surface area contributed by atoms with Gasteiger partial charge in [-0.05, 0) is 5.56 Å². The second kappa shape index (κ2) is 3.08. The van der Waals surface area contributed by atoms with Crippen LogP contribution in [0.1, 0.15) is 11.4 Å². The van der Waals surface area contributed by atoms with Crippen LogP contribution in [0.3, 0.4) is 0 Å². The molecule has 1 atom stereocenters. The summed E-state index contributed by atoms with van der Waals surface area (Å²) in [5.41, 5.74) is 6.34. The summed E-state index contributed by atoms with van der Waals surface area (Å²) in [6.07, 6.45) is 3.40. The zero-order valence-electron chi connectivity index (χ0n) is 6.43. The first kappa shape index (κ1) is 7.51. The van der Waals surface area contributed by atoms with Gasteiger partial charge in [-0.2, -0.15) is 0 Å². The highest BCUT2D eigenvalue weighted by Crippen LogP contribution is 2.18. The molecule has 1 aromatic heterocycles. The Morgan fingerprint density at radius 2 is 2.25 bits per heavy atom. The van der Waals surface area contributed by atoms with Gasteiger partial charge in [-0.1, -0.05) is 0 Å². The van der Waals surface area contributed by atoms with Gasteiger partial charge in [0.15, 0.2) is 0 Å². The molecule has 2 N–H and O–H groups in total. The Hall–Kier alpha value is -1.14. The predicted molar refractivity (Wildman–Crippen MR) is 43.4 cm³/mol. The van der Waals surface area contributed by atoms with Crippen molar-refractivity contribution in [3.8, 4) is 0 Å². The third kappa shape index (κ3) is 1.39. The van der Waals surface area contributed by atoms with E-state index < -0.39 is 0 Å². The molecular weight excluding hydrogens is 157 g/mol. The van der Waals surface area contributed by atoms with E-state index in [2.05, 4.69) is 9.97 Å². The minimum Gasteiger partial charge on any atom is -0.368 e. The van der Waals surface area contributed by atoms with Gasteiger partial charge in [-0.25, -0.2) is 9.97 Å². The van der Waals surface area contributed by atoms with E-state index in [1.165, 1.54) is 0 Å². The van der Waals surface area contributed by atoms with Crippen molar-refractivity contribution in [2.75, 3.05) is 12.3 Å². The van der Waals surface area contributed by atoms with E-state index in [9.17, 15) is 0 Å². The van der Waals surface area contributed by atoms with Crippen molar-refractivity contribution in [3.63, 3.8) is 0 Å². The van der Waals surface area contributed by atoms with Crippen LogP contribution in [0, 0.1) is 0 Å². The summed E-state index contributed by atoms with van der Waals surface area (Å²) in [6, 6.07) is 0. The minimum atomic E-state index is 0.241.